The van der Waals surface area contributed by atoms with Gasteiger partial charge in [0.2, 0.25) is 0 Å². The first kappa shape index (κ1) is 17.4. The van der Waals surface area contributed by atoms with Crippen LogP contribution in [0.3, 0.4) is 0 Å². The molecule has 1 aromatic heterocycles. The number of carboxylic acid groups (broad SMARTS) is 1. The Labute approximate surface area is 128 Å². The van der Waals surface area contributed by atoms with Crippen LogP contribution in [0.15, 0.2) is 11.4 Å². The van der Waals surface area contributed by atoms with Crippen LogP contribution in [0.1, 0.15) is 60.6 Å². The zero-order chi connectivity index (χ0) is 16.2. The Hall–Kier alpha value is -1.69. The van der Waals surface area contributed by atoms with Gasteiger partial charge < -0.3 is 10.4 Å². The maximum atomic E-state index is 12.0. The highest BCUT2D eigenvalue weighted by molar-refractivity contribution is 7.12. The van der Waals surface area contributed by atoms with Crippen LogP contribution in [0.4, 0.5) is 0 Å². The van der Waals surface area contributed by atoms with Crippen molar-refractivity contribution >= 4 is 29.0 Å². The molecule has 0 aromatic carbocycles. The van der Waals surface area contributed by atoms with Crippen molar-refractivity contribution in [3.05, 3.63) is 21.9 Å². The smallest absolute Gasteiger partial charge is 0.326 e. The minimum absolute atomic E-state index is 0.00313. The summed E-state index contributed by atoms with van der Waals surface area (Å²) in [6, 6.07) is 0.574. The summed E-state index contributed by atoms with van der Waals surface area (Å²) < 4.78 is 0. The van der Waals surface area contributed by atoms with Crippen molar-refractivity contribution in [2.24, 2.45) is 5.41 Å². The number of carbonyl (C=O) groups excluding carboxylic acids is 2. The number of aliphatic carboxylic acids is 1. The molecular formula is C15H21NO4S. The van der Waals surface area contributed by atoms with Gasteiger partial charge >= 0.3 is 5.97 Å². The van der Waals surface area contributed by atoms with Gasteiger partial charge in [-0.05, 0) is 31.2 Å². The minimum atomic E-state index is -1.05. The van der Waals surface area contributed by atoms with Crippen molar-refractivity contribution in [1.29, 1.82) is 0 Å². The van der Waals surface area contributed by atoms with Crippen LogP contribution in [0.25, 0.3) is 0 Å². The number of nitrogens with one attached hydrogen (secondary N) is 1. The Kier molecular flexibility index (Phi) is 5.66. The monoisotopic (exact) mass is 311 g/mol. The molecule has 5 nitrogen and oxygen atoms in total. The topological polar surface area (TPSA) is 83.5 Å². The number of hydrogen-bond donors (Lipinski definition) is 2. The zero-order valence-electron chi connectivity index (χ0n) is 12.7. The first-order chi connectivity index (χ1) is 9.60. The van der Waals surface area contributed by atoms with Crippen LogP contribution in [-0.4, -0.2) is 28.8 Å². The van der Waals surface area contributed by atoms with Crippen LogP contribution in [0, 0.1) is 5.41 Å². The molecule has 1 rings (SSSR count). The summed E-state index contributed by atoms with van der Waals surface area (Å²) in [7, 11) is 0. The third kappa shape index (κ3) is 5.67. The molecule has 2 N–H and O–H groups in total. The highest BCUT2D eigenvalue weighted by atomic mass is 32.1. The number of ketones is 1. The summed E-state index contributed by atoms with van der Waals surface area (Å²) in [6.45, 7) is 7.48. The van der Waals surface area contributed by atoms with Crippen LogP contribution in [-0.2, 0) is 4.79 Å². The van der Waals surface area contributed by atoms with Gasteiger partial charge in [0.1, 0.15) is 6.04 Å². The lowest BCUT2D eigenvalue weighted by molar-refractivity contribution is -0.139. The largest absolute Gasteiger partial charge is 0.480 e. The Balaban J connectivity index is 2.71. The average Bonchev–Trinajstić information content (AvgIpc) is 2.82. The Morgan fingerprint density at radius 3 is 2.38 bits per heavy atom. The molecule has 1 atom stereocenters. The fourth-order valence-electron chi connectivity index (χ4n) is 1.70. The van der Waals surface area contributed by atoms with E-state index in [4.69, 9.17) is 0 Å². The van der Waals surface area contributed by atoms with Gasteiger partial charge in [0.25, 0.3) is 5.91 Å². The third-order valence-electron chi connectivity index (χ3n) is 3.02. The van der Waals surface area contributed by atoms with Crippen molar-refractivity contribution in [2.45, 2.75) is 46.6 Å². The SMILES string of the molecule is CC(=O)c1csc(C(=O)NC(CCC(C)(C)C)C(=O)O)c1. The van der Waals surface area contributed by atoms with E-state index < -0.39 is 17.9 Å². The standard InChI is InChI=1S/C15H21NO4S/c1-9(17)10-7-12(21-8-10)13(18)16-11(14(19)20)5-6-15(2,3)4/h7-8,11H,5-6H2,1-4H3,(H,16,18)(H,19,20). The van der Waals surface area contributed by atoms with E-state index in [1.165, 1.54) is 13.0 Å². The molecule has 0 radical (unpaired) electrons. The summed E-state index contributed by atoms with van der Waals surface area (Å²) in [5.74, 6) is -1.61. The van der Waals surface area contributed by atoms with E-state index in [1.54, 1.807) is 5.38 Å². The lowest BCUT2D eigenvalue weighted by Gasteiger charge is -2.21. The number of thiophene rings is 1. The van der Waals surface area contributed by atoms with Gasteiger partial charge in [-0.15, -0.1) is 11.3 Å². The second kappa shape index (κ2) is 6.85. The maximum absolute atomic E-state index is 12.0. The number of Topliss-reactive ketones (excluding diaryl/α,β-unsaturated/α-hetero) is 1. The molecule has 0 saturated carbocycles. The fraction of sp³-hybridized carbons (Fsp3) is 0.533. The first-order valence-electron chi connectivity index (χ1n) is 6.73. The highest BCUT2D eigenvalue weighted by Crippen LogP contribution is 2.22. The maximum Gasteiger partial charge on any atom is 0.326 e. The molecule has 0 bridgehead atoms. The van der Waals surface area contributed by atoms with Crippen LogP contribution < -0.4 is 5.32 Å². The number of carboxylic acids is 1. The van der Waals surface area contributed by atoms with E-state index >= 15 is 0 Å². The molecule has 0 aliphatic rings. The number of hydrogen-bond acceptors (Lipinski definition) is 4. The average molecular weight is 311 g/mol. The molecule has 6 heteroatoms. The van der Waals surface area contributed by atoms with Gasteiger partial charge in [-0.3, -0.25) is 9.59 Å². The molecule has 116 valence electrons. The Morgan fingerprint density at radius 1 is 1.33 bits per heavy atom. The molecular weight excluding hydrogens is 290 g/mol. The lowest BCUT2D eigenvalue weighted by atomic mass is 9.88. The third-order valence-corrected chi connectivity index (χ3v) is 3.95. The van der Waals surface area contributed by atoms with Gasteiger partial charge in [0.15, 0.2) is 5.78 Å². The van der Waals surface area contributed by atoms with Gasteiger partial charge in [-0.1, -0.05) is 20.8 Å². The zero-order valence-corrected chi connectivity index (χ0v) is 13.5. The second-order valence-electron chi connectivity index (χ2n) is 6.22. The Morgan fingerprint density at radius 2 is 1.95 bits per heavy atom. The molecule has 1 aromatic rings. The number of amides is 1. The number of rotatable bonds is 6. The van der Waals surface area contributed by atoms with Crippen molar-refractivity contribution in [2.75, 3.05) is 0 Å². The molecule has 21 heavy (non-hydrogen) atoms. The molecule has 1 heterocycles. The van der Waals surface area contributed by atoms with Crippen LogP contribution in [0.5, 0.6) is 0 Å². The van der Waals surface area contributed by atoms with E-state index in [2.05, 4.69) is 5.32 Å². The summed E-state index contributed by atoms with van der Waals surface area (Å²) >= 11 is 1.14. The van der Waals surface area contributed by atoms with E-state index in [9.17, 15) is 19.5 Å². The fourth-order valence-corrected chi connectivity index (χ4v) is 2.55. The quantitative estimate of drug-likeness (QED) is 0.791. The summed E-state index contributed by atoms with van der Waals surface area (Å²) in [6.07, 6.45) is 1.06. The summed E-state index contributed by atoms with van der Waals surface area (Å²) in [5, 5.41) is 13.3. The molecule has 1 unspecified atom stereocenters. The lowest BCUT2D eigenvalue weighted by Crippen LogP contribution is -2.41. The summed E-state index contributed by atoms with van der Waals surface area (Å²) in [5.41, 5.74) is 0.468. The highest BCUT2D eigenvalue weighted by Gasteiger charge is 2.24. The van der Waals surface area contributed by atoms with Crippen molar-refractivity contribution < 1.29 is 19.5 Å². The molecule has 0 aliphatic carbocycles. The van der Waals surface area contributed by atoms with Gasteiger partial charge in [-0.25, -0.2) is 4.79 Å². The van der Waals surface area contributed by atoms with E-state index in [1.807, 2.05) is 20.8 Å². The second-order valence-corrected chi connectivity index (χ2v) is 7.13. The van der Waals surface area contributed by atoms with E-state index in [-0.39, 0.29) is 11.2 Å². The predicted molar refractivity (Wildman–Crippen MR) is 81.9 cm³/mol. The molecule has 0 aliphatic heterocycles. The molecule has 0 spiro atoms. The van der Waals surface area contributed by atoms with Gasteiger partial charge in [0, 0.05) is 10.9 Å². The Bertz CT molecular complexity index is 542. The molecule has 0 saturated heterocycles. The van der Waals surface area contributed by atoms with E-state index in [0.717, 1.165) is 11.3 Å². The predicted octanol–water partition coefficient (Wildman–Crippen LogP) is 2.96. The van der Waals surface area contributed by atoms with Crippen LogP contribution in [0.2, 0.25) is 0 Å². The first-order valence-corrected chi connectivity index (χ1v) is 7.61. The normalized spacial score (nSPS) is 12.8. The van der Waals surface area contributed by atoms with Crippen molar-refractivity contribution in [3.63, 3.8) is 0 Å². The van der Waals surface area contributed by atoms with Crippen LogP contribution >= 0.6 is 11.3 Å². The van der Waals surface area contributed by atoms with Gasteiger partial charge in [0.05, 0.1) is 4.88 Å². The molecule has 1 amide bonds. The summed E-state index contributed by atoms with van der Waals surface area (Å²) in [4.78, 5) is 34.8. The van der Waals surface area contributed by atoms with Crippen molar-refractivity contribution in [1.82, 2.24) is 5.32 Å². The molecule has 0 fully saturated rings. The number of carbonyl (C=O) groups is 3. The van der Waals surface area contributed by atoms with Gasteiger partial charge in [-0.2, -0.15) is 0 Å². The van der Waals surface area contributed by atoms with E-state index in [0.29, 0.717) is 23.3 Å². The van der Waals surface area contributed by atoms with Crippen molar-refractivity contribution in [3.8, 4) is 0 Å². The minimum Gasteiger partial charge on any atom is -0.480 e.